The molecule has 0 radical (unpaired) electrons. The summed E-state index contributed by atoms with van der Waals surface area (Å²) in [5, 5.41) is 8.97. The summed E-state index contributed by atoms with van der Waals surface area (Å²) in [6.45, 7) is 0. The van der Waals surface area contributed by atoms with Crippen molar-refractivity contribution in [1.82, 2.24) is 15.2 Å². The van der Waals surface area contributed by atoms with Gasteiger partial charge in [-0.15, -0.1) is 0 Å². The second-order valence-corrected chi connectivity index (χ2v) is 4.93. The van der Waals surface area contributed by atoms with Crippen LogP contribution in [0.15, 0.2) is 55.1 Å². The summed E-state index contributed by atoms with van der Waals surface area (Å²) >= 11 is 0. The molecule has 3 rings (SSSR count). The number of nitrogens with two attached hydrogens (primary N) is 1. The number of aromatic nitrogens is 3. The molecule has 4 N–H and O–H groups in total. The summed E-state index contributed by atoms with van der Waals surface area (Å²) in [6, 6.07) is 6.97. The summed E-state index contributed by atoms with van der Waals surface area (Å²) in [5.74, 6) is -1.05. The molecule has 0 saturated heterocycles. The molecule has 6 nitrogen and oxygen atoms in total. The Morgan fingerprint density at radius 2 is 2.13 bits per heavy atom. The van der Waals surface area contributed by atoms with Crippen LogP contribution in [0.25, 0.3) is 11.1 Å². The maximum Gasteiger partial charge on any atom is 0.246 e. The lowest BCUT2D eigenvalue weighted by Gasteiger charge is -2.13. The van der Waals surface area contributed by atoms with E-state index in [0.29, 0.717) is 11.1 Å². The van der Waals surface area contributed by atoms with E-state index in [-0.39, 0.29) is 5.69 Å². The van der Waals surface area contributed by atoms with Crippen molar-refractivity contribution in [2.24, 2.45) is 5.73 Å². The molecule has 2 aromatic heterocycles. The van der Waals surface area contributed by atoms with Crippen LogP contribution < -0.4 is 11.1 Å². The fourth-order valence-electron chi connectivity index (χ4n) is 2.13. The van der Waals surface area contributed by atoms with Gasteiger partial charge < -0.3 is 11.1 Å². The molecule has 1 aromatic carbocycles. The first kappa shape index (κ1) is 14.9. The number of nitrogens with one attached hydrogen (secondary N) is 2. The molecule has 0 aliphatic carbocycles. The Labute approximate surface area is 131 Å². The van der Waals surface area contributed by atoms with Gasteiger partial charge in [-0.1, -0.05) is 12.1 Å². The van der Waals surface area contributed by atoms with Crippen molar-refractivity contribution in [3.05, 3.63) is 66.5 Å². The van der Waals surface area contributed by atoms with Gasteiger partial charge in [0.25, 0.3) is 0 Å². The molecule has 0 fully saturated rings. The number of H-pyrrole nitrogens is 1. The number of amides is 1. The summed E-state index contributed by atoms with van der Waals surface area (Å²) in [5.41, 5.74) is 7.90. The molecule has 0 bridgehead atoms. The first-order valence-electron chi connectivity index (χ1n) is 6.90. The zero-order valence-corrected chi connectivity index (χ0v) is 12.0. The fourth-order valence-corrected chi connectivity index (χ4v) is 2.13. The lowest BCUT2D eigenvalue weighted by molar-refractivity contribution is -0.117. The number of aromatic amines is 1. The average Bonchev–Trinajstić information content (AvgIpc) is 3.11. The standard InChI is InChI=1S/C16H14FN5O/c17-13-6-10(12-8-20-21-9-12)3-4-14(13)22-16(23)15(18)11-2-1-5-19-7-11/h1-9,15H,18H2,(H,20,21)(H,22,23). The molecule has 116 valence electrons. The molecule has 0 spiro atoms. The molecule has 0 aliphatic heterocycles. The highest BCUT2D eigenvalue weighted by atomic mass is 19.1. The molecule has 1 atom stereocenters. The van der Waals surface area contributed by atoms with E-state index in [1.165, 1.54) is 18.3 Å². The van der Waals surface area contributed by atoms with Crippen molar-refractivity contribution < 1.29 is 9.18 Å². The SMILES string of the molecule is NC(C(=O)Nc1ccc(-c2cn[nH]c2)cc1F)c1cccnc1. The molecule has 0 saturated carbocycles. The summed E-state index contributed by atoms with van der Waals surface area (Å²) in [7, 11) is 0. The normalized spacial score (nSPS) is 11.9. The zero-order valence-electron chi connectivity index (χ0n) is 12.0. The van der Waals surface area contributed by atoms with E-state index in [0.717, 1.165) is 5.56 Å². The smallest absolute Gasteiger partial charge is 0.246 e. The van der Waals surface area contributed by atoms with Crippen LogP contribution in [0.1, 0.15) is 11.6 Å². The van der Waals surface area contributed by atoms with E-state index in [1.54, 1.807) is 36.8 Å². The Morgan fingerprint density at radius 3 is 2.78 bits per heavy atom. The number of hydrogen-bond acceptors (Lipinski definition) is 4. The highest BCUT2D eigenvalue weighted by Crippen LogP contribution is 2.24. The van der Waals surface area contributed by atoms with Crippen molar-refractivity contribution in [1.29, 1.82) is 0 Å². The van der Waals surface area contributed by atoms with Crippen LogP contribution >= 0.6 is 0 Å². The maximum absolute atomic E-state index is 14.2. The Morgan fingerprint density at radius 1 is 1.26 bits per heavy atom. The van der Waals surface area contributed by atoms with Crippen LogP contribution in [-0.4, -0.2) is 21.1 Å². The number of carbonyl (C=O) groups excluding carboxylic acids is 1. The third kappa shape index (κ3) is 3.24. The number of hydrogen-bond donors (Lipinski definition) is 3. The Bertz CT molecular complexity index is 805. The lowest BCUT2D eigenvalue weighted by Crippen LogP contribution is -2.28. The van der Waals surface area contributed by atoms with Gasteiger partial charge in [0.15, 0.2) is 0 Å². The van der Waals surface area contributed by atoms with Crippen LogP contribution in [-0.2, 0) is 4.79 Å². The van der Waals surface area contributed by atoms with Crippen molar-refractivity contribution in [3.8, 4) is 11.1 Å². The van der Waals surface area contributed by atoms with E-state index >= 15 is 0 Å². The number of pyridine rings is 1. The fraction of sp³-hybridized carbons (Fsp3) is 0.0625. The Balaban J connectivity index is 1.76. The second-order valence-electron chi connectivity index (χ2n) is 4.93. The molecule has 1 amide bonds. The third-order valence-corrected chi connectivity index (χ3v) is 3.38. The van der Waals surface area contributed by atoms with Crippen LogP contribution in [0.3, 0.4) is 0 Å². The summed E-state index contributed by atoms with van der Waals surface area (Å²) in [4.78, 5) is 16.0. The molecular formula is C16H14FN5O. The number of halogens is 1. The number of nitrogens with zero attached hydrogens (tertiary/aromatic N) is 2. The monoisotopic (exact) mass is 311 g/mol. The second kappa shape index (κ2) is 6.37. The van der Waals surface area contributed by atoms with Gasteiger partial charge in [-0.05, 0) is 29.3 Å². The molecule has 7 heteroatoms. The van der Waals surface area contributed by atoms with E-state index in [4.69, 9.17) is 5.73 Å². The number of anilines is 1. The van der Waals surface area contributed by atoms with Gasteiger partial charge in [0.1, 0.15) is 11.9 Å². The molecule has 1 unspecified atom stereocenters. The first-order chi connectivity index (χ1) is 11.1. The average molecular weight is 311 g/mol. The van der Waals surface area contributed by atoms with Gasteiger partial charge in [-0.3, -0.25) is 14.9 Å². The van der Waals surface area contributed by atoms with Gasteiger partial charge >= 0.3 is 0 Å². The quantitative estimate of drug-likeness (QED) is 0.688. The predicted molar refractivity (Wildman–Crippen MR) is 83.8 cm³/mol. The minimum atomic E-state index is -0.920. The van der Waals surface area contributed by atoms with Crippen molar-refractivity contribution in [2.45, 2.75) is 6.04 Å². The third-order valence-electron chi connectivity index (χ3n) is 3.38. The summed E-state index contributed by atoms with van der Waals surface area (Å²) < 4.78 is 14.2. The van der Waals surface area contributed by atoms with Crippen molar-refractivity contribution in [2.75, 3.05) is 5.32 Å². The predicted octanol–water partition coefficient (Wildman–Crippen LogP) is 2.25. The molecular weight excluding hydrogens is 297 g/mol. The number of rotatable bonds is 4. The minimum Gasteiger partial charge on any atom is -0.322 e. The van der Waals surface area contributed by atoms with E-state index < -0.39 is 17.8 Å². The molecule has 0 aliphatic rings. The van der Waals surface area contributed by atoms with Gasteiger partial charge in [0, 0.05) is 24.2 Å². The lowest BCUT2D eigenvalue weighted by atomic mass is 10.1. The van der Waals surface area contributed by atoms with Crippen LogP contribution in [0.5, 0.6) is 0 Å². The van der Waals surface area contributed by atoms with Crippen LogP contribution in [0.4, 0.5) is 10.1 Å². The highest BCUT2D eigenvalue weighted by molar-refractivity contribution is 5.95. The Kier molecular flexibility index (Phi) is 4.11. The maximum atomic E-state index is 14.2. The topological polar surface area (TPSA) is 96.7 Å². The van der Waals surface area contributed by atoms with Gasteiger partial charge in [-0.2, -0.15) is 5.10 Å². The molecule has 2 heterocycles. The largest absolute Gasteiger partial charge is 0.322 e. The van der Waals surface area contributed by atoms with Gasteiger partial charge in [0.2, 0.25) is 5.91 Å². The van der Waals surface area contributed by atoms with Crippen LogP contribution in [0.2, 0.25) is 0 Å². The summed E-state index contributed by atoms with van der Waals surface area (Å²) in [6.07, 6.45) is 6.33. The molecule has 23 heavy (non-hydrogen) atoms. The van der Waals surface area contributed by atoms with E-state index in [2.05, 4.69) is 20.5 Å². The van der Waals surface area contributed by atoms with E-state index in [1.807, 2.05) is 0 Å². The number of benzene rings is 1. The van der Waals surface area contributed by atoms with Crippen molar-refractivity contribution >= 4 is 11.6 Å². The Hall–Kier alpha value is -3.06. The van der Waals surface area contributed by atoms with Crippen LogP contribution in [0, 0.1) is 5.82 Å². The van der Waals surface area contributed by atoms with Crippen molar-refractivity contribution in [3.63, 3.8) is 0 Å². The van der Waals surface area contributed by atoms with Gasteiger partial charge in [-0.25, -0.2) is 4.39 Å². The highest BCUT2D eigenvalue weighted by Gasteiger charge is 2.17. The number of carbonyl (C=O) groups is 1. The van der Waals surface area contributed by atoms with Gasteiger partial charge in [0.05, 0.1) is 11.9 Å². The zero-order chi connectivity index (χ0) is 16.2. The molecule has 3 aromatic rings. The van der Waals surface area contributed by atoms with E-state index in [9.17, 15) is 9.18 Å². The minimum absolute atomic E-state index is 0.0709. The first-order valence-corrected chi connectivity index (χ1v) is 6.90.